The van der Waals surface area contributed by atoms with Crippen molar-refractivity contribution in [1.82, 2.24) is 4.90 Å². The lowest BCUT2D eigenvalue weighted by molar-refractivity contribution is -0.120. The molecule has 3 heterocycles. The number of Topliss-reactive ketones (excluding diaryl/α,β-unsaturated/α-hetero) is 1. The van der Waals surface area contributed by atoms with E-state index in [-0.39, 0.29) is 24.0 Å². The Hall–Kier alpha value is -2.01. The fraction of sp³-hybridized carbons (Fsp3) is 0.500. The molecular weight excluding hydrogens is 294 g/mol. The highest BCUT2D eigenvalue weighted by Crippen LogP contribution is 2.53. The van der Waals surface area contributed by atoms with Crippen molar-refractivity contribution in [1.29, 1.82) is 0 Å². The molecular formula is C18H19NO4. The zero-order chi connectivity index (χ0) is 15.6. The molecule has 1 saturated heterocycles. The van der Waals surface area contributed by atoms with E-state index in [0.717, 1.165) is 49.4 Å². The van der Waals surface area contributed by atoms with Crippen LogP contribution in [-0.4, -0.2) is 43.2 Å². The van der Waals surface area contributed by atoms with Gasteiger partial charge in [-0.1, -0.05) is 0 Å². The van der Waals surface area contributed by atoms with Crippen molar-refractivity contribution in [2.45, 2.75) is 30.7 Å². The third-order valence-corrected chi connectivity index (χ3v) is 5.80. The molecule has 3 aliphatic heterocycles. The molecule has 1 spiro atoms. The Morgan fingerprint density at radius 3 is 2.91 bits per heavy atom. The fourth-order valence-electron chi connectivity index (χ4n) is 4.79. The normalized spacial score (nSPS) is 31.3. The molecule has 1 aliphatic carbocycles. The van der Waals surface area contributed by atoms with E-state index in [4.69, 9.17) is 14.2 Å². The lowest BCUT2D eigenvalue weighted by Gasteiger charge is -2.36. The summed E-state index contributed by atoms with van der Waals surface area (Å²) in [6, 6.07) is 4.09. The van der Waals surface area contributed by atoms with Crippen LogP contribution in [0.1, 0.15) is 29.9 Å². The highest BCUT2D eigenvalue weighted by Gasteiger charge is 2.56. The van der Waals surface area contributed by atoms with Crippen molar-refractivity contribution in [2.24, 2.45) is 0 Å². The van der Waals surface area contributed by atoms with Gasteiger partial charge < -0.3 is 14.2 Å². The van der Waals surface area contributed by atoms with Crippen molar-refractivity contribution in [2.75, 3.05) is 27.0 Å². The number of methoxy groups -OCH3 is 1. The van der Waals surface area contributed by atoms with Crippen molar-refractivity contribution in [3.8, 4) is 11.5 Å². The molecule has 23 heavy (non-hydrogen) atoms. The van der Waals surface area contributed by atoms with Gasteiger partial charge in [0.05, 0.1) is 18.6 Å². The topological polar surface area (TPSA) is 48.0 Å². The average molecular weight is 313 g/mol. The number of benzene rings is 1. The van der Waals surface area contributed by atoms with E-state index in [1.807, 2.05) is 6.07 Å². The number of allylic oxidation sites excluding steroid dienone is 1. The molecule has 120 valence electrons. The standard InChI is InChI=1S/C18H19NO4/c1-21-15-9-18-4-2-5-19(18)6-3-11-7-13-14(23-10-22-13)8-12(11)16(18)17(15)20/h7-9,16H,2-6,10H2,1H3/t16-,18+/m0/s1. The van der Waals surface area contributed by atoms with E-state index in [2.05, 4.69) is 17.0 Å². The second-order valence-electron chi connectivity index (χ2n) is 6.75. The van der Waals surface area contributed by atoms with Crippen molar-refractivity contribution < 1.29 is 19.0 Å². The van der Waals surface area contributed by atoms with Gasteiger partial charge in [0, 0.05) is 6.54 Å². The van der Waals surface area contributed by atoms with Gasteiger partial charge in [0.1, 0.15) is 0 Å². The molecule has 0 unspecified atom stereocenters. The van der Waals surface area contributed by atoms with Crippen LogP contribution in [0.2, 0.25) is 0 Å². The maximum absolute atomic E-state index is 13.0. The molecule has 0 radical (unpaired) electrons. The van der Waals surface area contributed by atoms with Crippen LogP contribution in [0.3, 0.4) is 0 Å². The fourth-order valence-corrected chi connectivity index (χ4v) is 4.79. The first-order valence-corrected chi connectivity index (χ1v) is 8.21. The number of carbonyl (C=O) groups excluding carboxylic acids is 1. The van der Waals surface area contributed by atoms with Crippen LogP contribution in [0.5, 0.6) is 11.5 Å². The lowest BCUT2D eigenvalue weighted by atomic mass is 9.78. The molecule has 1 aromatic carbocycles. The quantitative estimate of drug-likeness (QED) is 0.794. The summed E-state index contributed by atoms with van der Waals surface area (Å²) in [7, 11) is 1.59. The molecule has 1 aromatic rings. The SMILES string of the molecule is COC1=C[C@@]23CCCN2CCc2cc4c(cc2[C@H]3C1=O)OCO4. The summed E-state index contributed by atoms with van der Waals surface area (Å²) in [4.78, 5) is 15.5. The average Bonchev–Trinajstić information content (AvgIpc) is 3.21. The smallest absolute Gasteiger partial charge is 0.231 e. The minimum absolute atomic E-state index is 0.0985. The molecule has 0 N–H and O–H groups in total. The van der Waals surface area contributed by atoms with E-state index in [9.17, 15) is 4.79 Å². The first-order valence-electron chi connectivity index (χ1n) is 8.21. The van der Waals surface area contributed by atoms with Gasteiger partial charge in [0.15, 0.2) is 17.3 Å². The third-order valence-electron chi connectivity index (χ3n) is 5.80. The van der Waals surface area contributed by atoms with Crippen molar-refractivity contribution >= 4 is 5.78 Å². The number of ether oxygens (including phenoxy) is 3. The van der Waals surface area contributed by atoms with Gasteiger partial charge in [-0.15, -0.1) is 0 Å². The Labute approximate surface area is 134 Å². The number of hydrogen-bond donors (Lipinski definition) is 0. The van der Waals surface area contributed by atoms with Crippen molar-refractivity contribution in [3.63, 3.8) is 0 Å². The third kappa shape index (κ3) is 1.63. The summed E-state index contributed by atoms with van der Waals surface area (Å²) in [5, 5.41) is 0. The van der Waals surface area contributed by atoms with Crippen LogP contribution in [-0.2, 0) is 16.0 Å². The predicted molar refractivity (Wildman–Crippen MR) is 82.6 cm³/mol. The van der Waals surface area contributed by atoms with Crippen LogP contribution in [0, 0.1) is 0 Å². The monoisotopic (exact) mass is 313 g/mol. The molecule has 5 nitrogen and oxygen atoms in total. The van der Waals surface area contributed by atoms with Crippen LogP contribution >= 0.6 is 0 Å². The molecule has 2 atom stereocenters. The first-order chi connectivity index (χ1) is 11.2. The maximum Gasteiger partial charge on any atom is 0.231 e. The summed E-state index contributed by atoms with van der Waals surface area (Å²) in [5.41, 5.74) is 2.07. The van der Waals surface area contributed by atoms with Crippen LogP contribution in [0.25, 0.3) is 0 Å². The second kappa shape index (κ2) is 4.51. The van der Waals surface area contributed by atoms with Gasteiger partial charge in [-0.2, -0.15) is 0 Å². The zero-order valence-corrected chi connectivity index (χ0v) is 13.1. The highest BCUT2D eigenvalue weighted by molar-refractivity contribution is 6.03. The number of rotatable bonds is 1. The minimum Gasteiger partial charge on any atom is -0.493 e. The second-order valence-corrected chi connectivity index (χ2v) is 6.75. The summed E-state index contributed by atoms with van der Waals surface area (Å²) in [6.45, 7) is 2.26. The molecule has 0 saturated carbocycles. The Morgan fingerprint density at radius 2 is 2.09 bits per heavy atom. The van der Waals surface area contributed by atoms with E-state index >= 15 is 0 Å². The Morgan fingerprint density at radius 1 is 1.26 bits per heavy atom. The Bertz CT molecular complexity index is 741. The first kappa shape index (κ1) is 13.4. The van der Waals surface area contributed by atoms with Crippen molar-refractivity contribution in [3.05, 3.63) is 35.1 Å². The van der Waals surface area contributed by atoms with E-state index < -0.39 is 0 Å². The maximum atomic E-state index is 13.0. The van der Waals surface area contributed by atoms with Gasteiger partial charge in [-0.05, 0) is 55.1 Å². The molecule has 0 bridgehead atoms. The summed E-state index contributed by atoms with van der Waals surface area (Å²) in [6.07, 6.45) is 5.14. The summed E-state index contributed by atoms with van der Waals surface area (Å²) in [5.74, 6) is 1.97. The van der Waals surface area contributed by atoms with Crippen LogP contribution in [0.4, 0.5) is 0 Å². The van der Waals surface area contributed by atoms with Gasteiger partial charge in [-0.3, -0.25) is 9.69 Å². The predicted octanol–water partition coefficient (Wildman–Crippen LogP) is 2.00. The molecule has 0 amide bonds. The number of hydrogen-bond acceptors (Lipinski definition) is 5. The summed E-state index contributed by atoms with van der Waals surface area (Å²) < 4.78 is 16.5. The highest BCUT2D eigenvalue weighted by atomic mass is 16.7. The number of carbonyl (C=O) groups is 1. The van der Waals surface area contributed by atoms with Gasteiger partial charge in [0.25, 0.3) is 0 Å². The summed E-state index contributed by atoms with van der Waals surface area (Å²) >= 11 is 0. The van der Waals surface area contributed by atoms with E-state index in [1.165, 1.54) is 5.56 Å². The molecule has 1 fully saturated rings. The van der Waals surface area contributed by atoms with Gasteiger partial charge in [0.2, 0.25) is 12.6 Å². The molecule has 5 rings (SSSR count). The molecule has 5 heteroatoms. The number of fused-ring (bicyclic) bond motifs is 3. The minimum atomic E-state index is -0.221. The zero-order valence-electron chi connectivity index (χ0n) is 13.1. The van der Waals surface area contributed by atoms with E-state index in [0.29, 0.717) is 5.76 Å². The van der Waals surface area contributed by atoms with Gasteiger partial charge >= 0.3 is 0 Å². The molecule has 4 aliphatic rings. The molecule has 0 aromatic heterocycles. The van der Waals surface area contributed by atoms with Gasteiger partial charge in [-0.25, -0.2) is 0 Å². The largest absolute Gasteiger partial charge is 0.493 e. The van der Waals surface area contributed by atoms with E-state index in [1.54, 1.807) is 7.11 Å². The Balaban J connectivity index is 1.72. The van der Waals surface area contributed by atoms with Crippen LogP contribution in [0.15, 0.2) is 24.0 Å². The lowest BCUT2D eigenvalue weighted by Crippen LogP contribution is -2.46. The number of ketones is 1. The number of nitrogens with zero attached hydrogens (tertiary/aromatic N) is 1. The van der Waals surface area contributed by atoms with Crippen LogP contribution < -0.4 is 9.47 Å². The Kier molecular flexibility index (Phi) is 2.63.